The summed E-state index contributed by atoms with van der Waals surface area (Å²) < 4.78 is 11.3. The predicted molar refractivity (Wildman–Crippen MR) is 123 cm³/mol. The Bertz CT molecular complexity index is 1180. The predicted octanol–water partition coefficient (Wildman–Crippen LogP) is 6.21. The molecule has 5 nitrogen and oxygen atoms in total. The molecule has 0 bridgehead atoms. The van der Waals surface area contributed by atoms with Crippen molar-refractivity contribution in [2.24, 2.45) is 0 Å². The standard InChI is InChI=1S/C25H23ClN2O3/c1-16(2)18-5-12-23-22(14-18)28-25(31-23)13-17-3-8-20(9-4-17)27-24(29)15-30-21-10-6-19(26)7-11-21/h3-12,14,16H,13,15H2,1-2H3,(H,27,29). The fourth-order valence-corrected chi connectivity index (χ4v) is 3.31. The van der Waals surface area contributed by atoms with E-state index in [0.717, 1.165) is 16.7 Å². The van der Waals surface area contributed by atoms with Gasteiger partial charge in [-0.1, -0.05) is 43.6 Å². The third kappa shape index (κ3) is 5.44. The average molecular weight is 435 g/mol. The highest BCUT2D eigenvalue weighted by atomic mass is 35.5. The lowest BCUT2D eigenvalue weighted by atomic mass is 10.0. The van der Waals surface area contributed by atoms with Gasteiger partial charge in [0, 0.05) is 17.1 Å². The number of anilines is 1. The Morgan fingerprint density at radius 2 is 1.81 bits per heavy atom. The molecule has 0 aliphatic heterocycles. The molecule has 4 rings (SSSR count). The summed E-state index contributed by atoms with van der Waals surface area (Å²) in [6.45, 7) is 4.24. The number of nitrogens with zero attached hydrogens (tertiary/aromatic N) is 1. The number of nitrogens with one attached hydrogen (secondary N) is 1. The lowest BCUT2D eigenvalue weighted by Gasteiger charge is -2.08. The number of carbonyl (C=O) groups is 1. The number of halogens is 1. The molecule has 0 aliphatic rings. The molecular weight excluding hydrogens is 412 g/mol. The molecule has 4 aromatic rings. The Morgan fingerprint density at radius 3 is 2.52 bits per heavy atom. The molecule has 1 amide bonds. The zero-order chi connectivity index (χ0) is 21.8. The van der Waals surface area contributed by atoms with E-state index in [1.807, 2.05) is 30.3 Å². The summed E-state index contributed by atoms with van der Waals surface area (Å²) in [5.74, 6) is 1.48. The number of rotatable bonds is 7. The number of benzene rings is 3. The highest BCUT2D eigenvalue weighted by Gasteiger charge is 2.10. The number of hydrogen-bond acceptors (Lipinski definition) is 4. The molecule has 3 aromatic carbocycles. The van der Waals surface area contributed by atoms with Gasteiger partial charge in [0.05, 0.1) is 0 Å². The minimum Gasteiger partial charge on any atom is -0.484 e. The Morgan fingerprint density at radius 1 is 1.06 bits per heavy atom. The van der Waals surface area contributed by atoms with Crippen LogP contribution in [0.2, 0.25) is 5.02 Å². The smallest absolute Gasteiger partial charge is 0.262 e. The van der Waals surface area contributed by atoms with Crippen molar-refractivity contribution in [3.05, 3.63) is 88.8 Å². The molecule has 6 heteroatoms. The maximum atomic E-state index is 12.1. The molecule has 0 unspecified atom stereocenters. The second kappa shape index (κ2) is 9.23. The van der Waals surface area contributed by atoms with Crippen LogP contribution in [0.25, 0.3) is 11.1 Å². The van der Waals surface area contributed by atoms with E-state index in [2.05, 4.69) is 36.3 Å². The summed E-state index contributed by atoms with van der Waals surface area (Å²) in [4.78, 5) is 16.7. The van der Waals surface area contributed by atoms with E-state index >= 15 is 0 Å². The van der Waals surface area contributed by atoms with E-state index in [1.54, 1.807) is 24.3 Å². The highest BCUT2D eigenvalue weighted by molar-refractivity contribution is 6.30. The number of fused-ring (bicyclic) bond motifs is 1. The Kier molecular flexibility index (Phi) is 6.23. The zero-order valence-corrected chi connectivity index (χ0v) is 18.1. The first-order valence-electron chi connectivity index (χ1n) is 10.1. The molecule has 0 saturated heterocycles. The van der Waals surface area contributed by atoms with Gasteiger partial charge in [-0.15, -0.1) is 0 Å². The van der Waals surface area contributed by atoms with E-state index in [4.69, 9.17) is 20.8 Å². The molecule has 1 N–H and O–H groups in total. The third-order valence-corrected chi connectivity index (χ3v) is 5.15. The minimum atomic E-state index is -0.234. The fourth-order valence-electron chi connectivity index (χ4n) is 3.18. The van der Waals surface area contributed by atoms with Crippen molar-refractivity contribution >= 4 is 34.3 Å². The molecule has 0 fully saturated rings. The molecule has 0 saturated carbocycles. The Hall–Kier alpha value is -3.31. The van der Waals surface area contributed by atoms with Crippen molar-refractivity contribution in [3.8, 4) is 5.75 Å². The van der Waals surface area contributed by atoms with Crippen LogP contribution in [0.1, 0.15) is 36.8 Å². The van der Waals surface area contributed by atoms with Gasteiger partial charge in [0.25, 0.3) is 5.91 Å². The fraction of sp³-hybridized carbons (Fsp3) is 0.200. The normalized spacial score (nSPS) is 11.1. The number of amides is 1. The summed E-state index contributed by atoms with van der Waals surface area (Å²) in [6, 6.07) is 20.6. The first-order chi connectivity index (χ1) is 15.0. The van der Waals surface area contributed by atoms with E-state index in [9.17, 15) is 4.79 Å². The topological polar surface area (TPSA) is 64.4 Å². The van der Waals surface area contributed by atoms with Crippen LogP contribution in [0.15, 0.2) is 71.1 Å². The summed E-state index contributed by atoms with van der Waals surface area (Å²) in [7, 11) is 0. The number of ether oxygens (including phenoxy) is 1. The van der Waals surface area contributed by atoms with Crippen molar-refractivity contribution in [1.82, 2.24) is 4.98 Å². The summed E-state index contributed by atoms with van der Waals surface area (Å²) in [6.07, 6.45) is 0.583. The molecule has 1 heterocycles. The zero-order valence-electron chi connectivity index (χ0n) is 17.4. The first-order valence-corrected chi connectivity index (χ1v) is 10.5. The van der Waals surface area contributed by atoms with E-state index in [0.29, 0.717) is 34.7 Å². The van der Waals surface area contributed by atoms with Crippen LogP contribution in [-0.2, 0) is 11.2 Å². The van der Waals surface area contributed by atoms with Gasteiger partial charge in [-0.05, 0) is 65.6 Å². The molecule has 0 atom stereocenters. The van der Waals surface area contributed by atoms with Gasteiger partial charge in [0.2, 0.25) is 0 Å². The summed E-state index contributed by atoms with van der Waals surface area (Å²) in [5, 5.41) is 3.44. The maximum absolute atomic E-state index is 12.1. The van der Waals surface area contributed by atoms with Gasteiger partial charge in [-0.25, -0.2) is 4.98 Å². The van der Waals surface area contributed by atoms with Crippen LogP contribution in [-0.4, -0.2) is 17.5 Å². The van der Waals surface area contributed by atoms with Crippen LogP contribution >= 0.6 is 11.6 Å². The van der Waals surface area contributed by atoms with Crippen LogP contribution < -0.4 is 10.1 Å². The number of hydrogen-bond donors (Lipinski definition) is 1. The van der Waals surface area contributed by atoms with Crippen molar-refractivity contribution in [2.75, 3.05) is 11.9 Å². The second-order valence-electron chi connectivity index (χ2n) is 7.65. The van der Waals surface area contributed by atoms with Gasteiger partial charge in [-0.2, -0.15) is 0 Å². The first kappa shape index (κ1) is 20.9. The second-order valence-corrected chi connectivity index (χ2v) is 8.09. The number of carbonyl (C=O) groups excluding carboxylic acids is 1. The SMILES string of the molecule is CC(C)c1ccc2oc(Cc3ccc(NC(=O)COc4ccc(Cl)cc4)cc3)nc2c1. The molecule has 0 spiro atoms. The molecule has 0 radical (unpaired) electrons. The lowest BCUT2D eigenvalue weighted by molar-refractivity contribution is -0.118. The largest absolute Gasteiger partial charge is 0.484 e. The molecule has 158 valence electrons. The van der Waals surface area contributed by atoms with Crippen LogP contribution in [0, 0.1) is 0 Å². The van der Waals surface area contributed by atoms with Gasteiger partial charge < -0.3 is 14.5 Å². The van der Waals surface area contributed by atoms with Crippen molar-refractivity contribution < 1.29 is 13.9 Å². The molecule has 0 aliphatic carbocycles. The minimum absolute atomic E-state index is 0.0787. The maximum Gasteiger partial charge on any atom is 0.262 e. The van der Waals surface area contributed by atoms with Gasteiger partial charge in [0.15, 0.2) is 18.1 Å². The van der Waals surface area contributed by atoms with Crippen molar-refractivity contribution in [1.29, 1.82) is 0 Å². The van der Waals surface area contributed by atoms with Crippen LogP contribution in [0.5, 0.6) is 5.75 Å². The van der Waals surface area contributed by atoms with Gasteiger partial charge in [0.1, 0.15) is 11.3 Å². The van der Waals surface area contributed by atoms with E-state index < -0.39 is 0 Å². The lowest BCUT2D eigenvalue weighted by Crippen LogP contribution is -2.20. The molecule has 31 heavy (non-hydrogen) atoms. The van der Waals surface area contributed by atoms with Gasteiger partial charge in [-0.3, -0.25) is 4.79 Å². The Labute approximate surface area is 186 Å². The average Bonchev–Trinajstić information content (AvgIpc) is 3.16. The quantitative estimate of drug-likeness (QED) is 0.375. The van der Waals surface area contributed by atoms with Crippen molar-refractivity contribution in [2.45, 2.75) is 26.2 Å². The van der Waals surface area contributed by atoms with Crippen LogP contribution in [0.3, 0.4) is 0 Å². The third-order valence-electron chi connectivity index (χ3n) is 4.90. The summed E-state index contributed by atoms with van der Waals surface area (Å²) >= 11 is 5.84. The van der Waals surface area contributed by atoms with E-state index in [-0.39, 0.29) is 12.5 Å². The van der Waals surface area contributed by atoms with Gasteiger partial charge >= 0.3 is 0 Å². The molecule has 1 aromatic heterocycles. The number of aromatic nitrogens is 1. The summed E-state index contributed by atoms with van der Waals surface area (Å²) in [5.41, 5.74) is 4.67. The highest BCUT2D eigenvalue weighted by Crippen LogP contribution is 2.23. The Balaban J connectivity index is 1.34. The number of oxazole rings is 1. The molecular formula is C25H23ClN2O3. The van der Waals surface area contributed by atoms with Crippen LogP contribution in [0.4, 0.5) is 5.69 Å². The van der Waals surface area contributed by atoms with Crippen molar-refractivity contribution in [3.63, 3.8) is 0 Å². The monoisotopic (exact) mass is 434 g/mol. The van der Waals surface area contributed by atoms with E-state index in [1.165, 1.54) is 5.56 Å².